The van der Waals surface area contributed by atoms with Crippen LogP contribution in [0, 0.1) is 0 Å². The van der Waals surface area contributed by atoms with Gasteiger partial charge in [-0.25, -0.2) is 0 Å². The highest BCUT2D eigenvalue weighted by Crippen LogP contribution is 2.36. The van der Waals surface area contributed by atoms with Crippen LogP contribution in [0.5, 0.6) is 11.5 Å². The van der Waals surface area contributed by atoms with Crippen molar-refractivity contribution in [3.8, 4) is 22.8 Å². The Morgan fingerprint density at radius 2 is 1.24 bits per heavy atom. The van der Waals surface area contributed by atoms with E-state index >= 15 is 0 Å². The van der Waals surface area contributed by atoms with Crippen LogP contribution in [-0.2, 0) is 32.1 Å². The Morgan fingerprint density at radius 1 is 0.737 bits per heavy atom. The summed E-state index contributed by atoms with van der Waals surface area (Å²) < 4.78 is 131. The minimum absolute atomic E-state index is 0.0793. The Balaban J connectivity index is 1.99. The summed E-state index contributed by atoms with van der Waals surface area (Å²) in [6.45, 7) is 3.36. The predicted octanol–water partition coefficient (Wildman–Crippen LogP) is 5.73. The monoisotopic (exact) mass is 583 g/mol. The highest BCUT2D eigenvalue weighted by Gasteiger charge is 2.50. The van der Waals surface area contributed by atoms with E-state index in [1.807, 2.05) is 30.3 Å². The van der Waals surface area contributed by atoms with Gasteiger partial charge in [0.05, 0.1) is 5.69 Å². The SMILES string of the molecule is CC(C)(Cc1cc(OS(=O)(=O)C(F)(F)F)cc(OS(=O)(=O)C(F)(F)F)c1)c1ccc(-c2ccccc2)nc1. The molecule has 2 aromatic carbocycles. The third kappa shape index (κ3) is 6.75. The van der Waals surface area contributed by atoms with Crippen molar-refractivity contribution in [3.05, 3.63) is 78.0 Å². The van der Waals surface area contributed by atoms with E-state index in [-0.39, 0.29) is 12.0 Å². The third-order valence-corrected chi connectivity index (χ3v) is 7.14. The van der Waals surface area contributed by atoms with E-state index in [0.717, 1.165) is 17.7 Å². The standard InChI is InChI=1S/C23H19F6NO6S2/c1-21(2,17-8-9-20(30-14-17)16-6-4-3-5-7-16)13-15-10-18(35-37(31,32)22(24,25)26)12-19(11-15)36-38(33,34)23(27,28)29/h3-12,14H,13H2,1-2H3. The summed E-state index contributed by atoms with van der Waals surface area (Å²) in [5, 5.41) is 0. The molecule has 38 heavy (non-hydrogen) atoms. The lowest BCUT2D eigenvalue weighted by molar-refractivity contribution is -0.0502. The van der Waals surface area contributed by atoms with Gasteiger partial charge in [0.15, 0.2) is 0 Å². The Kier molecular flexibility index (Phi) is 7.76. The number of alkyl halides is 6. The second-order valence-electron chi connectivity index (χ2n) is 8.64. The van der Waals surface area contributed by atoms with E-state index in [9.17, 15) is 43.2 Å². The topological polar surface area (TPSA) is 99.6 Å². The maximum absolute atomic E-state index is 12.8. The fraction of sp³-hybridized carbons (Fsp3) is 0.261. The Labute approximate surface area is 214 Å². The molecular formula is C23H19F6NO6S2. The van der Waals surface area contributed by atoms with Crippen LogP contribution in [-0.4, -0.2) is 32.8 Å². The molecule has 0 atom stereocenters. The Hall–Kier alpha value is -3.33. The summed E-state index contributed by atoms with van der Waals surface area (Å²) in [5.74, 6) is -2.19. The number of pyridine rings is 1. The average molecular weight is 584 g/mol. The Bertz CT molecular complexity index is 1440. The summed E-state index contributed by atoms with van der Waals surface area (Å²) in [6.07, 6.45) is 1.41. The third-order valence-electron chi connectivity index (χ3n) is 5.18. The van der Waals surface area contributed by atoms with Crippen molar-refractivity contribution in [2.24, 2.45) is 0 Å². The molecule has 0 aliphatic heterocycles. The number of halogens is 6. The summed E-state index contributed by atoms with van der Waals surface area (Å²) >= 11 is 0. The molecule has 3 aromatic rings. The zero-order valence-electron chi connectivity index (χ0n) is 19.5. The second kappa shape index (κ2) is 10.1. The maximum Gasteiger partial charge on any atom is 0.534 e. The van der Waals surface area contributed by atoms with Crippen LogP contribution < -0.4 is 8.37 Å². The van der Waals surface area contributed by atoms with Crippen molar-refractivity contribution in [2.75, 3.05) is 0 Å². The van der Waals surface area contributed by atoms with Crippen LogP contribution in [0.1, 0.15) is 25.0 Å². The Morgan fingerprint density at radius 3 is 1.66 bits per heavy atom. The van der Waals surface area contributed by atoms with Crippen molar-refractivity contribution in [2.45, 2.75) is 36.7 Å². The molecular weight excluding hydrogens is 564 g/mol. The van der Waals surface area contributed by atoms with E-state index in [1.165, 1.54) is 6.20 Å². The molecule has 0 aliphatic rings. The largest absolute Gasteiger partial charge is 0.534 e. The average Bonchev–Trinajstić information content (AvgIpc) is 2.77. The van der Waals surface area contributed by atoms with Gasteiger partial charge in [-0.05, 0) is 41.2 Å². The molecule has 0 fully saturated rings. The lowest BCUT2D eigenvalue weighted by Gasteiger charge is -2.26. The molecule has 3 rings (SSSR count). The van der Waals surface area contributed by atoms with E-state index in [4.69, 9.17) is 0 Å². The first-order chi connectivity index (χ1) is 17.3. The van der Waals surface area contributed by atoms with Crippen molar-refractivity contribution < 1.29 is 51.5 Å². The molecule has 0 N–H and O–H groups in total. The van der Waals surface area contributed by atoms with Crippen LogP contribution in [0.2, 0.25) is 0 Å². The second-order valence-corrected chi connectivity index (χ2v) is 11.7. The highest BCUT2D eigenvalue weighted by molar-refractivity contribution is 7.88. The van der Waals surface area contributed by atoms with Gasteiger partial charge in [0.1, 0.15) is 11.5 Å². The minimum atomic E-state index is -6.22. The smallest absolute Gasteiger partial charge is 0.376 e. The molecule has 0 radical (unpaired) electrons. The molecule has 1 aromatic heterocycles. The number of hydrogen-bond acceptors (Lipinski definition) is 7. The molecule has 0 unspecified atom stereocenters. The quantitative estimate of drug-likeness (QED) is 0.190. The number of aromatic nitrogens is 1. The van der Waals surface area contributed by atoms with E-state index in [2.05, 4.69) is 13.4 Å². The first-order valence-corrected chi connectivity index (χ1v) is 13.3. The van der Waals surface area contributed by atoms with Gasteiger partial charge in [0.2, 0.25) is 0 Å². The van der Waals surface area contributed by atoms with Crippen LogP contribution in [0.3, 0.4) is 0 Å². The van der Waals surface area contributed by atoms with Crippen LogP contribution in [0.15, 0.2) is 66.9 Å². The van der Waals surface area contributed by atoms with Gasteiger partial charge in [-0.15, -0.1) is 0 Å². The summed E-state index contributed by atoms with van der Waals surface area (Å²) in [7, 11) is -12.4. The number of hydrogen-bond donors (Lipinski definition) is 0. The van der Waals surface area contributed by atoms with Gasteiger partial charge < -0.3 is 8.37 Å². The van der Waals surface area contributed by atoms with E-state index in [1.54, 1.807) is 26.0 Å². The molecule has 0 saturated heterocycles. The van der Waals surface area contributed by atoms with Gasteiger partial charge in [-0.3, -0.25) is 4.98 Å². The summed E-state index contributed by atoms with van der Waals surface area (Å²) in [6, 6.07) is 14.5. The number of nitrogens with zero attached hydrogens (tertiary/aromatic N) is 1. The van der Waals surface area contributed by atoms with Gasteiger partial charge in [0, 0.05) is 17.8 Å². The van der Waals surface area contributed by atoms with Crippen LogP contribution in [0.4, 0.5) is 26.3 Å². The number of rotatable bonds is 8. The van der Waals surface area contributed by atoms with E-state index < -0.39 is 48.2 Å². The fourth-order valence-corrected chi connectivity index (χ4v) is 4.25. The maximum atomic E-state index is 12.8. The highest BCUT2D eigenvalue weighted by atomic mass is 32.2. The molecule has 0 saturated carbocycles. The number of benzene rings is 2. The lowest BCUT2D eigenvalue weighted by atomic mass is 9.80. The molecule has 0 amide bonds. The van der Waals surface area contributed by atoms with E-state index in [0.29, 0.717) is 17.3 Å². The predicted molar refractivity (Wildman–Crippen MR) is 124 cm³/mol. The van der Waals surface area contributed by atoms with Crippen LogP contribution >= 0.6 is 0 Å². The van der Waals surface area contributed by atoms with Gasteiger partial charge in [-0.1, -0.05) is 50.2 Å². The molecule has 206 valence electrons. The zero-order valence-corrected chi connectivity index (χ0v) is 21.2. The summed E-state index contributed by atoms with van der Waals surface area (Å²) in [4.78, 5) is 4.38. The summed E-state index contributed by atoms with van der Waals surface area (Å²) in [5.41, 5.74) is -10.6. The van der Waals surface area contributed by atoms with Crippen molar-refractivity contribution in [3.63, 3.8) is 0 Å². The first-order valence-electron chi connectivity index (χ1n) is 10.5. The van der Waals surface area contributed by atoms with Gasteiger partial charge in [0.25, 0.3) is 0 Å². The first kappa shape index (κ1) is 29.2. The molecule has 7 nitrogen and oxygen atoms in total. The fourth-order valence-electron chi connectivity index (χ4n) is 3.36. The van der Waals surface area contributed by atoms with Crippen molar-refractivity contribution in [1.82, 2.24) is 4.98 Å². The molecule has 0 spiro atoms. The lowest BCUT2D eigenvalue weighted by Crippen LogP contribution is -2.29. The van der Waals surface area contributed by atoms with Crippen LogP contribution in [0.25, 0.3) is 11.3 Å². The van der Waals surface area contributed by atoms with Crippen molar-refractivity contribution in [1.29, 1.82) is 0 Å². The zero-order chi connectivity index (χ0) is 28.6. The van der Waals surface area contributed by atoms with Gasteiger partial charge >= 0.3 is 31.3 Å². The molecule has 0 aliphatic carbocycles. The molecule has 0 bridgehead atoms. The molecule has 1 heterocycles. The normalized spacial score (nSPS) is 13.3. The molecule has 15 heteroatoms. The van der Waals surface area contributed by atoms with Gasteiger partial charge in [-0.2, -0.15) is 43.2 Å². The minimum Gasteiger partial charge on any atom is -0.376 e. The van der Waals surface area contributed by atoms with Crippen molar-refractivity contribution >= 4 is 20.2 Å².